The van der Waals surface area contributed by atoms with Crippen molar-refractivity contribution in [1.29, 1.82) is 0 Å². The third-order valence-electron chi connectivity index (χ3n) is 3.94. The van der Waals surface area contributed by atoms with Crippen molar-refractivity contribution in [3.05, 3.63) is 46.3 Å². The molecule has 1 aliphatic carbocycles. The average molecular weight is 349 g/mol. The topological polar surface area (TPSA) is 63.2 Å². The zero-order valence-electron chi connectivity index (χ0n) is 13.0. The van der Waals surface area contributed by atoms with Crippen LogP contribution in [-0.2, 0) is 22.7 Å². The lowest BCUT2D eigenvalue weighted by atomic mass is 9.91. The molecule has 0 unspecified atom stereocenters. The lowest BCUT2D eigenvalue weighted by molar-refractivity contribution is 0.0957. The van der Waals surface area contributed by atoms with Gasteiger partial charge in [0.25, 0.3) is 5.91 Å². The Balaban J connectivity index is 1.69. The highest BCUT2D eigenvalue weighted by Crippen LogP contribution is 2.39. The molecule has 0 spiro atoms. The zero-order valence-corrected chi connectivity index (χ0v) is 14.6. The highest BCUT2D eigenvalue weighted by Gasteiger charge is 2.21. The van der Waals surface area contributed by atoms with E-state index in [0.29, 0.717) is 17.8 Å². The van der Waals surface area contributed by atoms with Crippen LogP contribution in [0.15, 0.2) is 30.3 Å². The van der Waals surface area contributed by atoms with Gasteiger partial charge in [-0.15, -0.1) is 11.3 Å². The Morgan fingerprint density at radius 1 is 1.22 bits per heavy atom. The van der Waals surface area contributed by atoms with Gasteiger partial charge in [0, 0.05) is 17.7 Å². The molecule has 1 aromatic carbocycles. The third kappa shape index (κ3) is 3.82. The third-order valence-corrected chi connectivity index (χ3v) is 6.18. The summed E-state index contributed by atoms with van der Waals surface area (Å²) in [5, 5.41) is 2.81. The number of nitrogens with one attached hydrogen (secondary N) is 1. The molecule has 1 amide bonds. The van der Waals surface area contributed by atoms with Crippen molar-refractivity contribution < 1.29 is 13.2 Å². The first kappa shape index (κ1) is 16.2. The number of carbonyl (C=O) groups is 1. The fourth-order valence-electron chi connectivity index (χ4n) is 2.81. The van der Waals surface area contributed by atoms with E-state index in [-0.39, 0.29) is 11.7 Å². The van der Waals surface area contributed by atoms with Crippen molar-refractivity contribution in [3.63, 3.8) is 0 Å². The normalized spacial score (nSPS) is 13.3. The zero-order chi connectivity index (χ0) is 16.4. The SMILES string of the molecule is CS(=O)(=O)CCCNC(=O)c1cc2c(s1)-c1ccccc1CC2. The molecule has 6 heteroatoms. The number of carbonyl (C=O) groups excluding carboxylic acids is 1. The van der Waals surface area contributed by atoms with Crippen LogP contribution in [0, 0.1) is 0 Å². The van der Waals surface area contributed by atoms with Crippen molar-refractivity contribution in [2.45, 2.75) is 19.3 Å². The number of sulfone groups is 1. The molecule has 0 saturated carbocycles. The molecule has 3 rings (SSSR count). The van der Waals surface area contributed by atoms with E-state index in [0.717, 1.165) is 12.8 Å². The molecule has 1 heterocycles. The number of aryl methyl sites for hydroxylation is 2. The minimum absolute atomic E-state index is 0.0988. The van der Waals surface area contributed by atoms with Gasteiger partial charge in [-0.1, -0.05) is 24.3 Å². The summed E-state index contributed by atoms with van der Waals surface area (Å²) < 4.78 is 22.2. The number of hydrogen-bond acceptors (Lipinski definition) is 4. The first-order chi connectivity index (χ1) is 10.9. The highest BCUT2D eigenvalue weighted by atomic mass is 32.2. The predicted molar refractivity (Wildman–Crippen MR) is 93.8 cm³/mol. The predicted octanol–water partition coefficient (Wildman–Crippen LogP) is 2.68. The summed E-state index contributed by atoms with van der Waals surface area (Å²) in [4.78, 5) is 14.1. The number of fused-ring (bicyclic) bond motifs is 3. The summed E-state index contributed by atoms with van der Waals surface area (Å²) >= 11 is 1.52. The van der Waals surface area contributed by atoms with E-state index in [1.54, 1.807) is 0 Å². The molecule has 1 N–H and O–H groups in total. The van der Waals surface area contributed by atoms with Gasteiger partial charge < -0.3 is 5.32 Å². The maximum Gasteiger partial charge on any atom is 0.261 e. The number of benzene rings is 1. The lowest BCUT2D eigenvalue weighted by Crippen LogP contribution is -2.25. The second-order valence-electron chi connectivity index (χ2n) is 5.86. The molecular formula is C17H19NO3S2. The number of hydrogen-bond donors (Lipinski definition) is 1. The van der Waals surface area contributed by atoms with Crippen molar-refractivity contribution in [2.24, 2.45) is 0 Å². The van der Waals surface area contributed by atoms with E-state index in [9.17, 15) is 13.2 Å². The van der Waals surface area contributed by atoms with Crippen LogP contribution in [0.4, 0.5) is 0 Å². The summed E-state index contributed by atoms with van der Waals surface area (Å²) in [6.07, 6.45) is 3.62. The molecule has 0 radical (unpaired) electrons. The Morgan fingerprint density at radius 3 is 2.74 bits per heavy atom. The van der Waals surface area contributed by atoms with E-state index in [4.69, 9.17) is 0 Å². The Morgan fingerprint density at radius 2 is 1.96 bits per heavy atom. The molecule has 122 valence electrons. The Hall–Kier alpha value is -1.66. The van der Waals surface area contributed by atoms with Crippen molar-refractivity contribution in [2.75, 3.05) is 18.6 Å². The second-order valence-corrected chi connectivity index (χ2v) is 9.17. The van der Waals surface area contributed by atoms with Gasteiger partial charge in [-0.05, 0) is 42.0 Å². The van der Waals surface area contributed by atoms with Crippen LogP contribution in [-0.4, -0.2) is 32.9 Å². The molecule has 1 aliphatic rings. The van der Waals surface area contributed by atoms with Crippen LogP contribution >= 0.6 is 11.3 Å². The molecule has 23 heavy (non-hydrogen) atoms. The van der Waals surface area contributed by atoms with Gasteiger partial charge in [0.15, 0.2) is 0 Å². The van der Waals surface area contributed by atoms with Gasteiger partial charge in [0.2, 0.25) is 0 Å². The van der Waals surface area contributed by atoms with Crippen molar-refractivity contribution in [3.8, 4) is 10.4 Å². The molecule has 2 aromatic rings. The highest BCUT2D eigenvalue weighted by molar-refractivity contribution is 7.90. The van der Waals surface area contributed by atoms with Crippen LogP contribution < -0.4 is 5.32 Å². The first-order valence-electron chi connectivity index (χ1n) is 7.61. The summed E-state index contributed by atoms with van der Waals surface area (Å²) in [7, 11) is -2.97. The summed E-state index contributed by atoms with van der Waals surface area (Å²) in [5.74, 6) is -0.0166. The molecule has 0 saturated heterocycles. The van der Waals surface area contributed by atoms with Crippen LogP contribution in [0.1, 0.15) is 27.2 Å². The van der Waals surface area contributed by atoms with Crippen LogP contribution in [0.5, 0.6) is 0 Å². The summed E-state index contributed by atoms with van der Waals surface area (Å²) in [5.41, 5.74) is 3.80. The molecule has 4 nitrogen and oxygen atoms in total. The van der Waals surface area contributed by atoms with Crippen LogP contribution in [0.2, 0.25) is 0 Å². The van der Waals surface area contributed by atoms with Crippen LogP contribution in [0.3, 0.4) is 0 Å². The fourth-order valence-corrected chi connectivity index (χ4v) is 4.66. The molecule has 0 atom stereocenters. The Labute approximate surface area is 140 Å². The van der Waals surface area contributed by atoms with E-state index < -0.39 is 9.84 Å². The average Bonchev–Trinajstić information content (AvgIpc) is 2.95. The first-order valence-corrected chi connectivity index (χ1v) is 10.5. The van der Waals surface area contributed by atoms with Gasteiger partial charge in [0.1, 0.15) is 9.84 Å². The van der Waals surface area contributed by atoms with Gasteiger partial charge >= 0.3 is 0 Å². The smallest absolute Gasteiger partial charge is 0.261 e. The quantitative estimate of drug-likeness (QED) is 0.844. The fraction of sp³-hybridized carbons (Fsp3) is 0.353. The standard InChI is InChI=1S/C17H19NO3S2/c1-23(20,21)10-4-9-18-17(19)15-11-13-8-7-12-5-2-3-6-14(12)16(13)22-15/h2-3,5-6,11H,4,7-10H2,1H3,(H,18,19). The minimum atomic E-state index is -2.97. The van der Waals surface area contributed by atoms with E-state index >= 15 is 0 Å². The van der Waals surface area contributed by atoms with E-state index in [2.05, 4.69) is 17.4 Å². The van der Waals surface area contributed by atoms with Gasteiger partial charge in [0.05, 0.1) is 10.6 Å². The number of thiophene rings is 1. The number of rotatable bonds is 5. The largest absolute Gasteiger partial charge is 0.351 e. The monoisotopic (exact) mass is 349 g/mol. The summed E-state index contributed by atoms with van der Waals surface area (Å²) in [6, 6.07) is 10.3. The van der Waals surface area contributed by atoms with Gasteiger partial charge in [-0.2, -0.15) is 0 Å². The molecule has 0 fully saturated rings. The molecule has 1 aromatic heterocycles. The van der Waals surface area contributed by atoms with E-state index in [1.165, 1.54) is 39.2 Å². The van der Waals surface area contributed by atoms with E-state index in [1.807, 2.05) is 18.2 Å². The van der Waals surface area contributed by atoms with Crippen molar-refractivity contribution in [1.82, 2.24) is 5.32 Å². The Kier molecular flexibility index (Phi) is 4.55. The second kappa shape index (κ2) is 6.45. The molecular weight excluding hydrogens is 330 g/mol. The molecule has 0 aliphatic heterocycles. The summed E-state index contributed by atoms with van der Waals surface area (Å²) in [6.45, 7) is 0.380. The Bertz CT molecular complexity index is 837. The van der Waals surface area contributed by atoms with Gasteiger partial charge in [-0.3, -0.25) is 4.79 Å². The number of amides is 1. The maximum atomic E-state index is 12.2. The van der Waals surface area contributed by atoms with Crippen molar-refractivity contribution >= 4 is 27.1 Å². The van der Waals surface area contributed by atoms with Crippen LogP contribution in [0.25, 0.3) is 10.4 Å². The maximum absolute atomic E-state index is 12.2. The lowest BCUT2D eigenvalue weighted by Gasteiger charge is -2.15. The minimum Gasteiger partial charge on any atom is -0.351 e. The van der Waals surface area contributed by atoms with Gasteiger partial charge in [-0.25, -0.2) is 8.42 Å². The molecule has 0 bridgehead atoms.